The molecule has 0 aliphatic carbocycles. The number of carbonyl (C=O) groups excluding carboxylic acids is 3. The maximum Gasteiger partial charge on any atom is 0.406 e. The fraction of sp³-hybridized carbons (Fsp3) is 0.478. The monoisotopic (exact) mass is 469 g/mol. The van der Waals surface area contributed by atoms with E-state index in [9.17, 15) is 19.2 Å². The molecule has 0 bridgehead atoms. The summed E-state index contributed by atoms with van der Waals surface area (Å²) in [4.78, 5) is 50.0. The molecule has 2 aliphatic rings. The van der Waals surface area contributed by atoms with Crippen molar-refractivity contribution in [1.29, 1.82) is 0 Å². The number of amides is 3. The third-order valence-electron chi connectivity index (χ3n) is 5.97. The number of nitrogens with zero attached hydrogens (tertiary/aromatic N) is 3. The van der Waals surface area contributed by atoms with Crippen molar-refractivity contribution in [1.82, 2.24) is 24.7 Å². The number of imidazole rings is 1. The van der Waals surface area contributed by atoms with Gasteiger partial charge in [0.2, 0.25) is 11.8 Å². The molecule has 3 heterocycles. The van der Waals surface area contributed by atoms with Crippen molar-refractivity contribution in [3.63, 3.8) is 0 Å². The van der Waals surface area contributed by atoms with Crippen LogP contribution in [0.5, 0.6) is 0 Å². The van der Waals surface area contributed by atoms with Gasteiger partial charge in [0.25, 0.3) is 0 Å². The molecule has 1 unspecified atom stereocenters. The molecule has 11 heteroatoms. The predicted molar refractivity (Wildman–Crippen MR) is 122 cm³/mol. The summed E-state index contributed by atoms with van der Waals surface area (Å²) in [5.74, 6) is 5.50. The van der Waals surface area contributed by atoms with Gasteiger partial charge in [0.15, 0.2) is 0 Å². The first-order valence-electron chi connectivity index (χ1n) is 11.1. The highest BCUT2D eigenvalue weighted by Crippen LogP contribution is 2.23. The average molecular weight is 469 g/mol. The molecule has 2 saturated heterocycles. The lowest BCUT2D eigenvalue weighted by Crippen LogP contribution is -2.45. The molecular weight excluding hydrogens is 442 g/mol. The summed E-state index contributed by atoms with van der Waals surface area (Å²) in [7, 11) is 3.16. The first-order valence-corrected chi connectivity index (χ1v) is 11.1. The van der Waals surface area contributed by atoms with E-state index in [0.29, 0.717) is 37.2 Å². The summed E-state index contributed by atoms with van der Waals surface area (Å²) in [6, 6.07) is 4.71. The maximum atomic E-state index is 12.9. The standard InChI is InChI=1S/C23H27N5O6/c1-24-22(31)34-14-16-13-27(10-11-33-16)9-3-4-15-5-6-17-19(12-15)26(2)23(32)28(17)18-7-8-20(29)25-21(18)30/h5-6,12,16,18H,7-11,13-14H2,1-2H3,(H,24,31)(H,25,29,30)/t16-,18?/m0/s1. The van der Waals surface area contributed by atoms with Gasteiger partial charge < -0.3 is 14.8 Å². The summed E-state index contributed by atoms with van der Waals surface area (Å²) in [6.07, 6.45) is -0.203. The lowest BCUT2D eigenvalue weighted by atomic mass is 10.1. The topological polar surface area (TPSA) is 124 Å². The fourth-order valence-corrected chi connectivity index (χ4v) is 4.19. The molecule has 0 spiro atoms. The third-order valence-corrected chi connectivity index (χ3v) is 5.97. The second-order valence-corrected chi connectivity index (χ2v) is 8.26. The highest BCUT2D eigenvalue weighted by Gasteiger charge is 2.31. The molecule has 11 nitrogen and oxygen atoms in total. The van der Waals surface area contributed by atoms with E-state index in [0.717, 1.165) is 12.1 Å². The molecular formula is C23H27N5O6. The van der Waals surface area contributed by atoms with Gasteiger partial charge >= 0.3 is 11.8 Å². The number of piperidine rings is 1. The second kappa shape index (κ2) is 10.1. The maximum absolute atomic E-state index is 12.9. The Morgan fingerprint density at radius 3 is 2.88 bits per heavy atom. The molecule has 2 aliphatic heterocycles. The quantitative estimate of drug-likeness (QED) is 0.467. The van der Waals surface area contributed by atoms with Crippen molar-refractivity contribution < 1.29 is 23.9 Å². The van der Waals surface area contributed by atoms with Crippen LogP contribution in [-0.4, -0.2) is 77.9 Å². The van der Waals surface area contributed by atoms with Gasteiger partial charge in [0.1, 0.15) is 18.8 Å². The van der Waals surface area contributed by atoms with E-state index in [1.165, 1.54) is 16.2 Å². The van der Waals surface area contributed by atoms with E-state index < -0.39 is 18.0 Å². The normalized spacial score (nSPS) is 21.0. The number of aromatic nitrogens is 2. The highest BCUT2D eigenvalue weighted by atomic mass is 16.6. The molecule has 3 amide bonds. The fourth-order valence-electron chi connectivity index (χ4n) is 4.19. The lowest BCUT2D eigenvalue weighted by molar-refractivity contribution is -0.135. The van der Waals surface area contributed by atoms with Gasteiger partial charge in [0, 0.05) is 39.2 Å². The van der Waals surface area contributed by atoms with Crippen LogP contribution in [0.1, 0.15) is 24.4 Å². The number of morpholine rings is 1. The Morgan fingerprint density at radius 2 is 2.12 bits per heavy atom. The van der Waals surface area contributed by atoms with Gasteiger partial charge in [-0.3, -0.25) is 28.9 Å². The first kappa shape index (κ1) is 23.5. The number of rotatable bonds is 4. The van der Waals surface area contributed by atoms with Crippen molar-refractivity contribution in [3.05, 3.63) is 34.2 Å². The molecule has 2 N–H and O–H groups in total. The average Bonchev–Trinajstić information content (AvgIpc) is 3.07. The van der Waals surface area contributed by atoms with Gasteiger partial charge in [-0.2, -0.15) is 0 Å². The zero-order chi connectivity index (χ0) is 24.2. The van der Waals surface area contributed by atoms with Gasteiger partial charge in [-0.25, -0.2) is 9.59 Å². The molecule has 4 rings (SSSR count). The number of aryl methyl sites for hydroxylation is 1. The number of hydrogen-bond acceptors (Lipinski definition) is 7. The van der Waals surface area contributed by atoms with Gasteiger partial charge in [-0.15, -0.1) is 0 Å². The predicted octanol–water partition coefficient (Wildman–Crippen LogP) is -0.274. The van der Waals surface area contributed by atoms with Crippen LogP contribution in [0, 0.1) is 11.8 Å². The lowest BCUT2D eigenvalue weighted by Gasteiger charge is -2.31. The number of carbonyl (C=O) groups is 3. The number of benzene rings is 1. The SMILES string of the molecule is CNC(=O)OC[C@@H]1CN(CC#Cc2ccc3c(c2)n(C)c(=O)n3C2CCC(=O)NC2=O)CCO1. The Bertz CT molecular complexity index is 1240. The van der Waals surface area contributed by atoms with E-state index in [1.54, 1.807) is 13.1 Å². The van der Waals surface area contributed by atoms with Crippen LogP contribution >= 0.6 is 0 Å². The van der Waals surface area contributed by atoms with E-state index in [4.69, 9.17) is 9.47 Å². The van der Waals surface area contributed by atoms with Crippen molar-refractivity contribution in [3.8, 4) is 11.8 Å². The summed E-state index contributed by atoms with van der Waals surface area (Å²) in [5.41, 5.74) is 1.73. The largest absolute Gasteiger partial charge is 0.447 e. The molecule has 2 aromatic rings. The number of nitrogens with one attached hydrogen (secondary N) is 2. The minimum Gasteiger partial charge on any atom is -0.447 e. The number of hydrogen-bond donors (Lipinski definition) is 2. The Balaban J connectivity index is 1.46. The molecule has 0 saturated carbocycles. The zero-order valence-electron chi connectivity index (χ0n) is 19.1. The summed E-state index contributed by atoms with van der Waals surface area (Å²) in [6.45, 7) is 2.57. The van der Waals surface area contributed by atoms with Crippen LogP contribution in [0.3, 0.4) is 0 Å². The molecule has 2 fully saturated rings. The van der Waals surface area contributed by atoms with Crippen molar-refractivity contribution in [2.45, 2.75) is 25.0 Å². The van der Waals surface area contributed by atoms with Crippen molar-refractivity contribution in [2.24, 2.45) is 7.05 Å². The summed E-state index contributed by atoms with van der Waals surface area (Å²) < 4.78 is 13.6. The Morgan fingerprint density at radius 1 is 1.29 bits per heavy atom. The Labute approximate surface area is 196 Å². The van der Waals surface area contributed by atoms with Crippen molar-refractivity contribution >= 4 is 28.9 Å². The smallest absolute Gasteiger partial charge is 0.406 e. The van der Waals surface area contributed by atoms with E-state index in [2.05, 4.69) is 27.4 Å². The first-order chi connectivity index (χ1) is 16.4. The summed E-state index contributed by atoms with van der Waals surface area (Å²) in [5, 5.41) is 4.71. The molecule has 0 radical (unpaired) electrons. The third kappa shape index (κ3) is 4.98. The van der Waals surface area contributed by atoms with Gasteiger partial charge in [0.05, 0.1) is 24.2 Å². The number of fused-ring (bicyclic) bond motifs is 1. The summed E-state index contributed by atoms with van der Waals surface area (Å²) >= 11 is 0. The van der Waals surface area contributed by atoms with E-state index in [1.807, 2.05) is 12.1 Å². The van der Waals surface area contributed by atoms with Gasteiger partial charge in [-0.1, -0.05) is 11.8 Å². The van der Waals surface area contributed by atoms with Crippen molar-refractivity contribution in [2.75, 3.05) is 39.9 Å². The van der Waals surface area contributed by atoms with Gasteiger partial charge in [-0.05, 0) is 24.6 Å². The Hall–Kier alpha value is -3.62. The van der Waals surface area contributed by atoms with E-state index >= 15 is 0 Å². The molecule has 34 heavy (non-hydrogen) atoms. The van der Waals surface area contributed by atoms with E-state index in [-0.39, 0.29) is 30.7 Å². The Kier molecular flexibility index (Phi) is 7.00. The highest BCUT2D eigenvalue weighted by molar-refractivity contribution is 6.00. The van der Waals surface area contributed by atoms with Crippen LogP contribution in [0.2, 0.25) is 0 Å². The second-order valence-electron chi connectivity index (χ2n) is 8.26. The number of imide groups is 1. The molecule has 1 aromatic carbocycles. The number of alkyl carbamates (subject to hydrolysis) is 1. The van der Waals surface area contributed by atoms with Crippen LogP contribution in [0.25, 0.3) is 11.0 Å². The van der Waals surface area contributed by atoms with Crippen LogP contribution in [-0.2, 0) is 26.1 Å². The van der Waals surface area contributed by atoms with Crippen LogP contribution in [0.4, 0.5) is 4.79 Å². The molecule has 180 valence electrons. The molecule has 1 aromatic heterocycles. The minimum absolute atomic E-state index is 0.179. The number of ether oxygens (including phenoxy) is 2. The minimum atomic E-state index is -0.715. The zero-order valence-corrected chi connectivity index (χ0v) is 19.1. The van der Waals surface area contributed by atoms with Crippen LogP contribution in [0.15, 0.2) is 23.0 Å². The molecule has 2 atom stereocenters. The van der Waals surface area contributed by atoms with Crippen LogP contribution < -0.4 is 16.3 Å².